The monoisotopic (exact) mass is 357 g/mol. The number of amides is 1. The summed E-state index contributed by atoms with van der Waals surface area (Å²) in [7, 11) is 1.71. The van der Waals surface area contributed by atoms with Crippen LogP contribution in [0.25, 0.3) is 0 Å². The van der Waals surface area contributed by atoms with Gasteiger partial charge in [0.15, 0.2) is 11.7 Å². The molecular formula is C19H27N5O2. The van der Waals surface area contributed by atoms with E-state index < -0.39 is 0 Å². The Morgan fingerprint density at radius 1 is 1.19 bits per heavy atom. The van der Waals surface area contributed by atoms with E-state index in [9.17, 15) is 4.79 Å². The zero-order valence-corrected chi connectivity index (χ0v) is 15.8. The molecule has 0 aliphatic carbocycles. The molecule has 0 fully saturated rings. The van der Waals surface area contributed by atoms with E-state index in [1.807, 2.05) is 31.2 Å². The van der Waals surface area contributed by atoms with Gasteiger partial charge in [0.05, 0.1) is 12.2 Å². The van der Waals surface area contributed by atoms with Crippen LogP contribution in [0.1, 0.15) is 54.1 Å². The second-order valence-electron chi connectivity index (χ2n) is 6.21. The third-order valence-electron chi connectivity index (χ3n) is 3.81. The summed E-state index contributed by atoms with van der Waals surface area (Å²) in [5.74, 6) is 1.68. The SMILES string of the molecule is CCNC(=O)c1cccc(CNC(=NC)NCc2cc(C(C)C)no2)c1. The number of hydrogen-bond donors (Lipinski definition) is 3. The summed E-state index contributed by atoms with van der Waals surface area (Å²) in [4.78, 5) is 16.1. The molecule has 7 heteroatoms. The zero-order chi connectivity index (χ0) is 18.9. The van der Waals surface area contributed by atoms with Crippen LogP contribution in [0.5, 0.6) is 0 Å². The summed E-state index contributed by atoms with van der Waals surface area (Å²) >= 11 is 0. The van der Waals surface area contributed by atoms with E-state index in [-0.39, 0.29) is 5.91 Å². The zero-order valence-electron chi connectivity index (χ0n) is 15.8. The quantitative estimate of drug-likeness (QED) is 0.523. The summed E-state index contributed by atoms with van der Waals surface area (Å²) in [5, 5.41) is 13.3. The number of hydrogen-bond acceptors (Lipinski definition) is 4. The first-order chi connectivity index (χ1) is 12.5. The van der Waals surface area contributed by atoms with Gasteiger partial charge in [0.2, 0.25) is 0 Å². The molecule has 0 saturated heterocycles. The van der Waals surface area contributed by atoms with Gasteiger partial charge in [0.25, 0.3) is 5.91 Å². The van der Waals surface area contributed by atoms with Gasteiger partial charge >= 0.3 is 0 Å². The minimum Gasteiger partial charge on any atom is -0.359 e. The number of aliphatic imine (C=N–C) groups is 1. The minimum atomic E-state index is -0.0665. The van der Waals surface area contributed by atoms with Gasteiger partial charge in [-0.1, -0.05) is 31.1 Å². The highest BCUT2D eigenvalue weighted by atomic mass is 16.5. The van der Waals surface area contributed by atoms with E-state index in [0.29, 0.717) is 37.1 Å². The van der Waals surface area contributed by atoms with Gasteiger partial charge in [-0.05, 0) is 30.5 Å². The molecule has 3 N–H and O–H groups in total. The number of nitrogens with one attached hydrogen (secondary N) is 3. The third kappa shape index (κ3) is 5.61. The van der Waals surface area contributed by atoms with Crippen molar-refractivity contribution in [3.63, 3.8) is 0 Å². The second-order valence-corrected chi connectivity index (χ2v) is 6.21. The highest BCUT2D eigenvalue weighted by Crippen LogP contribution is 2.13. The summed E-state index contributed by atoms with van der Waals surface area (Å²) < 4.78 is 5.31. The normalized spacial score (nSPS) is 11.5. The van der Waals surface area contributed by atoms with Crippen LogP contribution in [-0.4, -0.2) is 30.6 Å². The van der Waals surface area contributed by atoms with Crippen LogP contribution in [-0.2, 0) is 13.1 Å². The molecule has 7 nitrogen and oxygen atoms in total. The highest BCUT2D eigenvalue weighted by molar-refractivity contribution is 5.94. The molecule has 1 aromatic carbocycles. The van der Waals surface area contributed by atoms with Gasteiger partial charge in [0.1, 0.15) is 0 Å². The molecule has 0 unspecified atom stereocenters. The Balaban J connectivity index is 1.88. The average molecular weight is 357 g/mol. The molecule has 0 radical (unpaired) electrons. The Bertz CT molecular complexity index is 752. The Hall–Kier alpha value is -2.83. The molecule has 0 saturated carbocycles. The molecule has 0 atom stereocenters. The number of benzene rings is 1. The van der Waals surface area contributed by atoms with Crippen LogP contribution in [0.4, 0.5) is 0 Å². The van der Waals surface area contributed by atoms with Gasteiger partial charge in [-0.3, -0.25) is 9.79 Å². The van der Waals surface area contributed by atoms with Crippen molar-refractivity contribution in [1.82, 2.24) is 21.1 Å². The molecule has 1 heterocycles. The van der Waals surface area contributed by atoms with Gasteiger partial charge in [0, 0.05) is 31.8 Å². The fourth-order valence-corrected chi connectivity index (χ4v) is 2.35. The van der Waals surface area contributed by atoms with Gasteiger partial charge in [-0.2, -0.15) is 0 Å². The predicted molar refractivity (Wildman–Crippen MR) is 102 cm³/mol. The highest BCUT2D eigenvalue weighted by Gasteiger charge is 2.09. The van der Waals surface area contributed by atoms with Crippen molar-refractivity contribution in [3.8, 4) is 0 Å². The van der Waals surface area contributed by atoms with Crippen LogP contribution in [0.2, 0.25) is 0 Å². The third-order valence-corrected chi connectivity index (χ3v) is 3.81. The topological polar surface area (TPSA) is 91.5 Å². The summed E-state index contributed by atoms with van der Waals surface area (Å²) in [5.41, 5.74) is 2.59. The summed E-state index contributed by atoms with van der Waals surface area (Å²) in [6.45, 7) is 7.71. The summed E-state index contributed by atoms with van der Waals surface area (Å²) in [6.07, 6.45) is 0. The second kappa shape index (κ2) is 9.60. The standard InChI is InChI=1S/C19H27N5O2/c1-5-21-18(25)15-8-6-7-14(9-15)11-22-19(20-4)23-12-16-10-17(13(2)3)24-26-16/h6-10,13H,5,11-12H2,1-4H3,(H,21,25)(H2,20,22,23). The van der Waals surface area contributed by atoms with E-state index in [2.05, 4.69) is 39.9 Å². The largest absolute Gasteiger partial charge is 0.359 e. The van der Waals surface area contributed by atoms with Crippen LogP contribution in [0.3, 0.4) is 0 Å². The van der Waals surface area contributed by atoms with Gasteiger partial charge in [-0.15, -0.1) is 0 Å². The lowest BCUT2D eigenvalue weighted by Crippen LogP contribution is -2.36. The van der Waals surface area contributed by atoms with Crippen molar-refractivity contribution in [3.05, 3.63) is 52.9 Å². The Kier molecular flexibility index (Phi) is 7.20. The van der Waals surface area contributed by atoms with E-state index in [1.54, 1.807) is 13.1 Å². The van der Waals surface area contributed by atoms with E-state index >= 15 is 0 Å². The molecule has 2 rings (SSSR count). The molecule has 0 spiro atoms. The maximum absolute atomic E-state index is 11.9. The first-order valence-electron chi connectivity index (χ1n) is 8.80. The minimum absolute atomic E-state index is 0.0665. The molecule has 1 aromatic heterocycles. The van der Waals surface area contributed by atoms with Crippen LogP contribution < -0.4 is 16.0 Å². The first-order valence-corrected chi connectivity index (χ1v) is 8.80. The van der Waals surface area contributed by atoms with E-state index in [4.69, 9.17) is 4.52 Å². The lowest BCUT2D eigenvalue weighted by molar-refractivity contribution is 0.0955. The maximum atomic E-state index is 11.9. The maximum Gasteiger partial charge on any atom is 0.251 e. The van der Waals surface area contributed by atoms with Crippen molar-refractivity contribution in [2.75, 3.05) is 13.6 Å². The fraction of sp³-hybridized carbons (Fsp3) is 0.421. The van der Waals surface area contributed by atoms with Crippen LogP contribution in [0.15, 0.2) is 39.8 Å². The Morgan fingerprint density at radius 3 is 2.62 bits per heavy atom. The molecular weight excluding hydrogens is 330 g/mol. The van der Waals surface area contributed by atoms with E-state index in [0.717, 1.165) is 17.0 Å². The number of aromatic nitrogens is 1. The van der Waals surface area contributed by atoms with Crippen LogP contribution in [0, 0.1) is 0 Å². The molecule has 2 aromatic rings. The molecule has 0 aliphatic rings. The lowest BCUT2D eigenvalue weighted by atomic mass is 10.1. The molecule has 1 amide bonds. The van der Waals surface area contributed by atoms with Gasteiger partial charge in [-0.25, -0.2) is 0 Å². The number of carbonyl (C=O) groups excluding carboxylic acids is 1. The Morgan fingerprint density at radius 2 is 1.96 bits per heavy atom. The number of rotatable bonds is 7. The van der Waals surface area contributed by atoms with Crippen molar-refractivity contribution >= 4 is 11.9 Å². The predicted octanol–water partition coefficient (Wildman–Crippen LogP) is 2.41. The molecule has 0 aliphatic heterocycles. The molecule has 26 heavy (non-hydrogen) atoms. The average Bonchev–Trinajstić information content (AvgIpc) is 3.12. The summed E-state index contributed by atoms with van der Waals surface area (Å²) in [6, 6.07) is 9.46. The van der Waals surface area contributed by atoms with Crippen molar-refractivity contribution < 1.29 is 9.32 Å². The van der Waals surface area contributed by atoms with Crippen molar-refractivity contribution in [2.45, 2.75) is 39.8 Å². The Labute approximate surface area is 154 Å². The van der Waals surface area contributed by atoms with Crippen LogP contribution >= 0.6 is 0 Å². The molecule has 140 valence electrons. The number of nitrogens with zero attached hydrogens (tertiary/aromatic N) is 2. The fourth-order valence-electron chi connectivity index (χ4n) is 2.35. The number of carbonyl (C=O) groups is 1. The van der Waals surface area contributed by atoms with Crippen molar-refractivity contribution in [1.29, 1.82) is 0 Å². The van der Waals surface area contributed by atoms with Gasteiger partial charge < -0.3 is 20.5 Å². The number of guanidine groups is 1. The first kappa shape index (κ1) is 19.5. The lowest BCUT2D eigenvalue weighted by Gasteiger charge is -2.11. The smallest absolute Gasteiger partial charge is 0.251 e. The molecule has 0 bridgehead atoms. The van der Waals surface area contributed by atoms with Crippen molar-refractivity contribution in [2.24, 2.45) is 4.99 Å². The van der Waals surface area contributed by atoms with E-state index in [1.165, 1.54) is 0 Å².